The molecular weight excluding hydrogens is 266 g/mol. The van der Waals surface area contributed by atoms with E-state index in [2.05, 4.69) is 33.4 Å². The summed E-state index contributed by atoms with van der Waals surface area (Å²) in [6, 6.07) is 6.28. The zero-order valence-electron chi connectivity index (χ0n) is 9.63. The smallest absolute Gasteiger partial charge is 0.136 e. The van der Waals surface area contributed by atoms with E-state index in [0.29, 0.717) is 0 Å². The van der Waals surface area contributed by atoms with E-state index in [4.69, 9.17) is 4.74 Å². The van der Waals surface area contributed by atoms with Gasteiger partial charge in [0.1, 0.15) is 5.75 Å². The highest BCUT2D eigenvalue weighted by atomic mass is 79.9. The van der Waals surface area contributed by atoms with Crippen LogP contribution in [0.4, 0.5) is 0 Å². The van der Waals surface area contributed by atoms with Gasteiger partial charge in [0.25, 0.3) is 0 Å². The topological polar surface area (TPSA) is 21.3 Å². The standard InChI is InChI=1S/C13H18BrNO/c1-16-13-11(5-2-6-12(13)14)8-10-4-3-7-15-9-10/h2,5-6,10,15H,3-4,7-9H2,1H3. The Bertz CT molecular complexity index is 348. The number of halogens is 1. The Morgan fingerprint density at radius 3 is 3.06 bits per heavy atom. The molecule has 0 saturated carbocycles. The van der Waals surface area contributed by atoms with Crippen molar-refractivity contribution in [3.63, 3.8) is 0 Å². The number of methoxy groups -OCH3 is 1. The lowest BCUT2D eigenvalue weighted by molar-refractivity contribution is 0.363. The second-order valence-electron chi connectivity index (χ2n) is 4.35. The van der Waals surface area contributed by atoms with E-state index < -0.39 is 0 Å². The van der Waals surface area contributed by atoms with Gasteiger partial charge in [0.2, 0.25) is 0 Å². The summed E-state index contributed by atoms with van der Waals surface area (Å²) in [6.45, 7) is 2.31. The van der Waals surface area contributed by atoms with Crippen molar-refractivity contribution in [3.8, 4) is 5.75 Å². The third-order valence-electron chi connectivity index (χ3n) is 3.16. The van der Waals surface area contributed by atoms with Crippen LogP contribution >= 0.6 is 15.9 Å². The molecule has 0 aromatic heterocycles. The van der Waals surface area contributed by atoms with Crippen molar-refractivity contribution in [3.05, 3.63) is 28.2 Å². The van der Waals surface area contributed by atoms with Gasteiger partial charge in [-0.25, -0.2) is 0 Å². The van der Waals surface area contributed by atoms with Gasteiger partial charge >= 0.3 is 0 Å². The highest BCUT2D eigenvalue weighted by Crippen LogP contribution is 2.31. The van der Waals surface area contributed by atoms with Crippen LogP contribution in [0.1, 0.15) is 18.4 Å². The average molecular weight is 284 g/mol. The fourth-order valence-corrected chi connectivity index (χ4v) is 2.92. The first-order valence-electron chi connectivity index (χ1n) is 5.83. The summed E-state index contributed by atoms with van der Waals surface area (Å²) in [7, 11) is 1.74. The van der Waals surface area contributed by atoms with Crippen LogP contribution in [-0.2, 0) is 6.42 Å². The first-order chi connectivity index (χ1) is 7.81. The van der Waals surface area contributed by atoms with Crippen LogP contribution in [0.15, 0.2) is 22.7 Å². The van der Waals surface area contributed by atoms with Crippen LogP contribution in [0, 0.1) is 5.92 Å². The molecule has 2 nitrogen and oxygen atoms in total. The van der Waals surface area contributed by atoms with E-state index in [1.807, 2.05) is 6.07 Å². The second-order valence-corrected chi connectivity index (χ2v) is 5.20. The number of nitrogens with one attached hydrogen (secondary N) is 1. The predicted molar refractivity (Wildman–Crippen MR) is 70.0 cm³/mol. The number of para-hydroxylation sites is 1. The zero-order chi connectivity index (χ0) is 11.4. The molecule has 2 rings (SSSR count). The first kappa shape index (κ1) is 11.9. The largest absolute Gasteiger partial charge is 0.495 e. The zero-order valence-corrected chi connectivity index (χ0v) is 11.2. The lowest BCUT2D eigenvalue weighted by Crippen LogP contribution is -2.30. The molecule has 1 N–H and O–H groups in total. The summed E-state index contributed by atoms with van der Waals surface area (Å²) in [5.74, 6) is 1.74. The number of rotatable bonds is 3. The summed E-state index contributed by atoms with van der Waals surface area (Å²) in [5.41, 5.74) is 1.31. The maximum atomic E-state index is 5.45. The van der Waals surface area contributed by atoms with E-state index in [0.717, 1.165) is 29.1 Å². The summed E-state index contributed by atoms with van der Waals surface area (Å²) in [4.78, 5) is 0. The fraction of sp³-hybridized carbons (Fsp3) is 0.538. The van der Waals surface area contributed by atoms with Crippen LogP contribution < -0.4 is 10.1 Å². The van der Waals surface area contributed by atoms with Gasteiger partial charge in [-0.2, -0.15) is 0 Å². The van der Waals surface area contributed by atoms with Gasteiger partial charge in [0.05, 0.1) is 11.6 Å². The van der Waals surface area contributed by atoms with Gasteiger partial charge in [0.15, 0.2) is 0 Å². The highest BCUT2D eigenvalue weighted by Gasteiger charge is 2.16. The number of ether oxygens (including phenoxy) is 1. The molecular formula is C13H18BrNO. The van der Waals surface area contributed by atoms with Gasteiger partial charge < -0.3 is 10.1 Å². The van der Waals surface area contributed by atoms with Crippen molar-refractivity contribution >= 4 is 15.9 Å². The van der Waals surface area contributed by atoms with Crippen LogP contribution in [0.2, 0.25) is 0 Å². The van der Waals surface area contributed by atoms with Crippen molar-refractivity contribution in [1.82, 2.24) is 5.32 Å². The van der Waals surface area contributed by atoms with Gasteiger partial charge in [-0.15, -0.1) is 0 Å². The average Bonchev–Trinajstić information content (AvgIpc) is 2.31. The number of hydrogen-bond acceptors (Lipinski definition) is 2. The fourth-order valence-electron chi connectivity index (χ4n) is 2.35. The maximum absolute atomic E-state index is 5.45. The highest BCUT2D eigenvalue weighted by molar-refractivity contribution is 9.10. The molecule has 1 fully saturated rings. The van der Waals surface area contributed by atoms with E-state index in [9.17, 15) is 0 Å². The number of hydrogen-bond donors (Lipinski definition) is 1. The Labute approximate surface area is 106 Å². The van der Waals surface area contributed by atoms with E-state index >= 15 is 0 Å². The van der Waals surface area contributed by atoms with Crippen molar-refractivity contribution in [2.45, 2.75) is 19.3 Å². The van der Waals surface area contributed by atoms with E-state index in [1.165, 1.54) is 24.9 Å². The van der Waals surface area contributed by atoms with Crippen LogP contribution in [0.3, 0.4) is 0 Å². The van der Waals surface area contributed by atoms with Crippen molar-refractivity contribution < 1.29 is 4.74 Å². The van der Waals surface area contributed by atoms with E-state index in [1.54, 1.807) is 7.11 Å². The first-order valence-corrected chi connectivity index (χ1v) is 6.62. The molecule has 0 amide bonds. The Hall–Kier alpha value is -0.540. The molecule has 1 saturated heterocycles. The third kappa shape index (κ3) is 2.77. The lowest BCUT2D eigenvalue weighted by atomic mass is 9.92. The Morgan fingerprint density at radius 2 is 2.38 bits per heavy atom. The Kier molecular flexibility index (Phi) is 4.24. The molecule has 16 heavy (non-hydrogen) atoms. The SMILES string of the molecule is COc1c(Br)cccc1CC1CCCNC1. The Balaban J connectivity index is 2.10. The van der Waals surface area contributed by atoms with Crippen molar-refractivity contribution in [2.24, 2.45) is 5.92 Å². The maximum Gasteiger partial charge on any atom is 0.136 e. The predicted octanol–water partition coefficient (Wildman–Crippen LogP) is 3.00. The molecule has 0 aliphatic carbocycles. The number of piperidine rings is 1. The second kappa shape index (κ2) is 5.69. The minimum absolute atomic E-state index is 0.747. The van der Waals surface area contributed by atoms with Gasteiger partial charge in [-0.05, 0) is 65.8 Å². The number of benzene rings is 1. The normalized spacial score (nSPS) is 20.8. The molecule has 1 aromatic rings. The molecule has 1 atom stereocenters. The van der Waals surface area contributed by atoms with Gasteiger partial charge in [-0.3, -0.25) is 0 Å². The lowest BCUT2D eigenvalue weighted by Gasteiger charge is -2.23. The molecule has 88 valence electrons. The quantitative estimate of drug-likeness (QED) is 0.921. The molecule has 1 unspecified atom stereocenters. The van der Waals surface area contributed by atoms with Gasteiger partial charge in [-0.1, -0.05) is 12.1 Å². The van der Waals surface area contributed by atoms with Gasteiger partial charge in [0, 0.05) is 0 Å². The minimum atomic E-state index is 0.747. The summed E-state index contributed by atoms with van der Waals surface area (Å²) in [5, 5.41) is 3.45. The van der Waals surface area contributed by atoms with Crippen molar-refractivity contribution in [1.29, 1.82) is 0 Å². The molecule has 1 aliphatic rings. The molecule has 1 aliphatic heterocycles. The summed E-state index contributed by atoms with van der Waals surface area (Å²) < 4.78 is 6.50. The molecule has 3 heteroatoms. The van der Waals surface area contributed by atoms with E-state index in [-0.39, 0.29) is 0 Å². The molecule has 1 aromatic carbocycles. The molecule has 0 radical (unpaired) electrons. The van der Waals surface area contributed by atoms with Crippen LogP contribution in [0.5, 0.6) is 5.75 Å². The summed E-state index contributed by atoms with van der Waals surface area (Å²) >= 11 is 3.53. The minimum Gasteiger partial charge on any atom is -0.495 e. The molecule has 1 heterocycles. The molecule has 0 spiro atoms. The van der Waals surface area contributed by atoms with Crippen LogP contribution in [-0.4, -0.2) is 20.2 Å². The van der Waals surface area contributed by atoms with Crippen molar-refractivity contribution in [2.75, 3.05) is 20.2 Å². The Morgan fingerprint density at radius 1 is 1.50 bits per heavy atom. The van der Waals surface area contributed by atoms with Crippen LogP contribution in [0.25, 0.3) is 0 Å². The summed E-state index contributed by atoms with van der Waals surface area (Å²) in [6.07, 6.45) is 3.72. The monoisotopic (exact) mass is 283 g/mol. The molecule has 0 bridgehead atoms. The third-order valence-corrected chi connectivity index (χ3v) is 3.78.